The summed E-state index contributed by atoms with van der Waals surface area (Å²) >= 11 is 0. The van der Waals surface area contributed by atoms with Gasteiger partial charge in [0.2, 0.25) is 5.91 Å². The first-order valence-electron chi connectivity index (χ1n) is 6.53. The van der Waals surface area contributed by atoms with Crippen LogP contribution >= 0.6 is 12.4 Å². The van der Waals surface area contributed by atoms with Gasteiger partial charge in [0.05, 0.1) is 13.7 Å². The second-order valence-electron chi connectivity index (χ2n) is 4.34. The molecule has 0 heterocycles. The van der Waals surface area contributed by atoms with Crippen molar-refractivity contribution in [1.29, 1.82) is 0 Å². The SMILES string of the molecule is COCC(N)C(=O)NCCNC(=O)c1cccc(OC)c1.Cl. The summed E-state index contributed by atoms with van der Waals surface area (Å²) in [6.07, 6.45) is 0. The quantitative estimate of drug-likeness (QED) is 0.579. The molecule has 22 heavy (non-hydrogen) atoms. The molecule has 0 saturated carbocycles. The average Bonchev–Trinajstić information content (AvgIpc) is 2.51. The van der Waals surface area contributed by atoms with E-state index >= 15 is 0 Å². The standard InChI is InChI=1S/C14H21N3O4.ClH/c1-20-9-12(15)14(19)17-7-6-16-13(18)10-4-3-5-11(8-10)21-2;/h3-5,8,12H,6-7,9,15H2,1-2H3,(H,16,18)(H,17,19);1H. The van der Waals surface area contributed by atoms with Crippen LogP contribution < -0.4 is 21.1 Å². The highest BCUT2D eigenvalue weighted by Crippen LogP contribution is 2.11. The van der Waals surface area contributed by atoms with Gasteiger partial charge in [0.25, 0.3) is 5.91 Å². The lowest BCUT2D eigenvalue weighted by molar-refractivity contribution is -0.123. The van der Waals surface area contributed by atoms with Gasteiger partial charge >= 0.3 is 0 Å². The van der Waals surface area contributed by atoms with Crippen molar-refractivity contribution in [3.63, 3.8) is 0 Å². The highest BCUT2D eigenvalue weighted by molar-refractivity contribution is 5.94. The first-order valence-corrected chi connectivity index (χ1v) is 6.53. The zero-order chi connectivity index (χ0) is 15.7. The molecular weight excluding hydrogens is 310 g/mol. The normalized spacial score (nSPS) is 11.0. The predicted octanol–water partition coefficient (Wildman–Crippen LogP) is -0.0633. The van der Waals surface area contributed by atoms with E-state index in [1.807, 2.05) is 0 Å². The Morgan fingerprint density at radius 3 is 2.55 bits per heavy atom. The molecule has 124 valence electrons. The molecule has 0 saturated heterocycles. The number of nitrogens with one attached hydrogen (secondary N) is 2. The number of nitrogens with two attached hydrogens (primary N) is 1. The Morgan fingerprint density at radius 2 is 1.91 bits per heavy atom. The molecule has 4 N–H and O–H groups in total. The lowest BCUT2D eigenvalue weighted by atomic mass is 10.2. The zero-order valence-electron chi connectivity index (χ0n) is 12.6. The van der Waals surface area contributed by atoms with E-state index in [9.17, 15) is 9.59 Å². The van der Waals surface area contributed by atoms with Crippen molar-refractivity contribution in [2.45, 2.75) is 6.04 Å². The molecule has 7 nitrogen and oxygen atoms in total. The van der Waals surface area contributed by atoms with Gasteiger partial charge in [-0.1, -0.05) is 6.07 Å². The van der Waals surface area contributed by atoms with Crippen LogP contribution in [0.5, 0.6) is 5.75 Å². The summed E-state index contributed by atoms with van der Waals surface area (Å²) in [4.78, 5) is 23.4. The topological polar surface area (TPSA) is 103 Å². The molecule has 1 aromatic rings. The van der Waals surface area contributed by atoms with Gasteiger partial charge in [-0.25, -0.2) is 0 Å². The first-order chi connectivity index (χ1) is 10.1. The molecule has 0 aromatic heterocycles. The van der Waals surface area contributed by atoms with Gasteiger partial charge in [-0.2, -0.15) is 0 Å². The predicted molar refractivity (Wildman–Crippen MR) is 85.4 cm³/mol. The van der Waals surface area contributed by atoms with Crippen LogP contribution in [-0.2, 0) is 9.53 Å². The van der Waals surface area contributed by atoms with Crippen molar-refractivity contribution in [2.75, 3.05) is 33.9 Å². The minimum atomic E-state index is -0.705. The summed E-state index contributed by atoms with van der Waals surface area (Å²) in [7, 11) is 3.01. The van der Waals surface area contributed by atoms with E-state index in [1.54, 1.807) is 24.3 Å². The summed E-state index contributed by atoms with van der Waals surface area (Å²) in [6, 6.07) is 6.12. The number of halogens is 1. The van der Waals surface area contributed by atoms with Crippen LogP contribution in [-0.4, -0.2) is 51.8 Å². The van der Waals surface area contributed by atoms with E-state index in [1.165, 1.54) is 14.2 Å². The van der Waals surface area contributed by atoms with Gasteiger partial charge in [-0.15, -0.1) is 12.4 Å². The molecule has 2 amide bonds. The number of methoxy groups -OCH3 is 2. The number of hydrogen-bond acceptors (Lipinski definition) is 5. The number of carbonyl (C=O) groups is 2. The Balaban J connectivity index is 0.00000441. The van der Waals surface area contributed by atoms with Crippen molar-refractivity contribution in [3.05, 3.63) is 29.8 Å². The Bertz CT molecular complexity index is 485. The molecule has 1 aromatic carbocycles. The third-order valence-electron chi connectivity index (χ3n) is 2.72. The monoisotopic (exact) mass is 331 g/mol. The van der Waals surface area contributed by atoms with Crippen LogP contribution in [0.15, 0.2) is 24.3 Å². The minimum Gasteiger partial charge on any atom is -0.497 e. The van der Waals surface area contributed by atoms with Gasteiger partial charge in [0.1, 0.15) is 11.8 Å². The van der Waals surface area contributed by atoms with Crippen LogP contribution in [0.1, 0.15) is 10.4 Å². The molecule has 0 aliphatic rings. The highest BCUT2D eigenvalue weighted by Gasteiger charge is 2.12. The minimum absolute atomic E-state index is 0. The number of rotatable bonds is 8. The highest BCUT2D eigenvalue weighted by atomic mass is 35.5. The molecule has 0 aliphatic carbocycles. The maximum atomic E-state index is 11.9. The van der Waals surface area contributed by atoms with Crippen molar-refractivity contribution in [2.24, 2.45) is 5.73 Å². The summed E-state index contributed by atoms with van der Waals surface area (Å²) in [5.41, 5.74) is 6.05. The fourth-order valence-corrected chi connectivity index (χ4v) is 1.61. The van der Waals surface area contributed by atoms with Gasteiger partial charge in [0.15, 0.2) is 0 Å². The number of benzene rings is 1. The van der Waals surface area contributed by atoms with Crippen molar-refractivity contribution < 1.29 is 19.1 Å². The van der Waals surface area contributed by atoms with E-state index < -0.39 is 6.04 Å². The fraction of sp³-hybridized carbons (Fsp3) is 0.429. The number of hydrogen-bond donors (Lipinski definition) is 3. The molecule has 8 heteroatoms. The van der Waals surface area contributed by atoms with Crippen LogP contribution in [0.3, 0.4) is 0 Å². The Morgan fingerprint density at radius 1 is 1.23 bits per heavy atom. The van der Waals surface area contributed by atoms with E-state index in [2.05, 4.69) is 10.6 Å². The lowest BCUT2D eigenvalue weighted by Gasteiger charge is -2.11. The molecule has 1 unspecified atom stereocenters. The maximum absolute atomic E-state index is 11.9. The second kappa shape index (κ2) is 10.8. The zero-order valence-corrected chi connectivity index (χ0v) is 13.4. The third-order valence-corrected chi connectivity index (χ3v) is 2.72. The summed E-state index contributed by atoms with van der Waals surface area (Å²) in [5.74, 6) is 0.0679. The van der Waals surface area contributed by atoms with Crippen LogP contribution in [0.25, 0.3) is 0 Å². The lowest BCUT2D eigenvalue weighted by Crippen LogP contribution is -2.45. The van der Waals surface area contributed by atoms with Gasteiger partial charge in [-0.05, 0) is 18.2 Å². The third kappa shape index (κ3) is 6.75. The molecule has 0 radical (unpaired) electrons. The van der Waals surface area contributed by atoms with Crippen molar-refractivity contribution in [1.82, 2.24) is 10.6 Å². The number of amides is 2. The van der Waals surface area contributed by atoms with Crippen molar-refractivity contribution >= 4 is 24.2 Å². The molecule has 0 bridgehead atoms. The Hall–Kier alpha value is -1.83. The van der Waals surface area contributed by atoms with Crippen molar-refractivity contribution in [3.8, 4) is 5.75 Å². The smallest absolute Gasteiger partial charge is 0.251 e. The Labute approximate surface area is 135 Å². The Kier molecular flexibility index (Phi) is 9.93. The van der Waals surface area contributed by atoms with Crippen LogP contribution in [0.4, 0.5) is 0 Å². The van der Waals surface area contributed by atoms with Crippen LogP contribution in [0, 0.1) is 0 Å². The fourth-order valence-electron chi connectivity index (χ4n) is 1.61. The molecule has 1 atom stereocenters. The summed E-state index contributed by atoms with van der Waals surface area (Å²) in [5, 5.41) is 5.31. The largest absolute Gasteiger partial charge is 0.497 e. The molecule has 1 rings (SSSR count). The van der Waals surface area contributed by atoms with Crippen LogP contribution in [0.2, 0.25) is 0 Å². The molecule has 0 fully saturated rings. The molecular formula is C14H22ClN3O4. The van der Waals surface area contributed by atoms with E-state index in [4.69, 9.17) is 15.2 Å². The number of carbonyl (C=O) groups excluding carboxylic acids is 2. The first kappa shape index (κ1) is 20.2. The second-order valence-corrected chi connectivity index (χ2v) is 4.34. The van der Waals surface area contributed by atoms with E-state index in [-0.39, 0.29) is 30.8 Å². The van der Waals surface area contributed by atoms with Gasteiger partial charge in [-0.3, -0.25) is 9.59 Å². The molecule has 0 spiro atoms. The molecule has 0 aliphatic heterocycles. The summed E-state index contributed by atoms with van der Waals surface area (Å²) < 4.78 is 9.83. The van der Waals surface area contributed by atoms with Gasteiger partial charge < -0.3 is 25.8 Å². The van der Waals surface area contributed by atoms with E-state index in [0.29, 0.717) is 24.4 Å². The number of ether oxygens (including phenoxy) is 2. The average molecular weight is 332 g/mol. The maximum Gasteiger partial charge on any atom is 0.251 e. The van der Waals surface area contributed by atoms with E-state index in [0.717, 1.165) is 0 Å². The van der Waals surface area contributed by atoms with Gasteiger partial charge in [0, 0.05) is 25.8 Å². The summed E-state index contributed by atoms with van der Waals surface area (Å²) in [6.45, 7) is 0.759.